The lowest BCUT2D eigenvalue weighted by Gasteiger charge is -2.19. The van der Waals surface area contributed by atoms with E-state index in [1.54, 1.807) is 6.92 Å². The monoisotopic (exact) mass is 320 g/mol. The van der Waals surface area contributed by atoms with Crippen LogP contribution in [0.5, 0.6) is 0 Å². The quantitative estimate of drug-likeness (QED) is 0.883. The lowest BCUT2D eigenvalue weighted by atomic mass is 10.2. The number of carbonyl (C=O) groups excluding carboxylic acids is 1. The molecule has 2 aromatic rings. The molecule has 7 heteroatoms. The van der Waals surface area contributed by atoms with Gasteiger partial charge in [0.1, 0.15) is 12.3 Å². The summed E-state index contributed by atoms with van der Waals surface area (Å²) in [7, 11) is 0. The van der Waals surface area contributed by atoms with Crippen molar-refractivity contribution in [2.45, 2.75) is 32.2 Å². The van der Waals surface area contributed by atoms with Crippen LogP contribution >= 0.6 is 11.3 Å². The number of thiophene rings is 1. The minimum atomic E-state index is -0.989. The Morgan fingerprint density at radius 1 is 1.50 bits per heavy atom. The summed E-state index contributed by atoms with van der Waals surface area (Å²) in [5, 5.41) is 10.9. The van der Waals surface area contributed by atoms with Crippen molar-refractivity contribution in [1.82, 2.24) is 9.88 Å². The molecular weight excluding hydrogens is 304 g/mol. The molecule has 0 aromatic carbocycles. The summed E-state index contributed by atoms with van der Waals surface area (Å²) in [6, 6.07) is 3.88. The minimum absolute atomic E-state index is 0.0626. The van der Waals surface area contributed by atoms with Crippen molar-refractivity contribution in [3.8, 4) is 10.8 Å². The summed E-state index contributed by atoms with van der Waals surface area (Å²) in [5.74, 6) is -0.0928. The highest BCUT2D eigenvalue weighted by Gasteiger charge is 2.34. The van der Waals surface area contributed by atoms with Crippen LogP contribution < -0.4 is 0 Å². The summed E-state index contributed by atoms with van der Waals surface area (Å²) in [6.45, 7) is 1.52. The zero-order valence-electron chi connectivity index (χ0n) is 12.1. The average Bonchev–Trinajstić information content (AvgIpc) is 3.02. The van der Waals surface area contributed by atoms with Gasteiger partial charge in [-0.15, -0.1) is 11.3 Å². The van der Waals surface area contributed by atoms with E-state index in [9.17, 15) is 9.59 Å². The van der Waals surface area contributed by atoms with Gasteiger partial charge in [0.05, 0.1) is 17.0 Å². The first-order chi connectivity index (χ1) is 10.5. The highest BCUT2D eigenvalue weighted by molar-refractivity contribution is 7.13. The van der Waals surface area contributed by atoms with Crippen LogP contribution in [0, 0.1) is 6.92 Å². The van der Waals surface area contributed by atoms with Crippen LogP contribution in [0.25, 0.3) is 10.8 Å². The van der Waals surface area contributed by atoms with Crippen molar-refractivity contribution in [1.29, 1.82) is 0 Å². The van der Waals surface area contributed by atoms with Gasteiger partial charge in [-0.25, -0.2) is 4.98 Å². The number of rotatable bonds is 6. The Morgan fingerprint density at radius 2 is 2.27 bits per heavy atom. The Hall–Kier alpha value is -2.15. The number of aromatic nitrogens is 1. The molecule has 116 valence electrons. The van der Waals surface area contributed by atoms with Gasteiger partial charge in [-0.05, 0) is 31.2 Å². The SMILES string of the molecule is Cc1oc(-c2cccs2)nc1CC(=O)N(CC(=O)O)C1CC1. The van der Waals surface area contributed by atoms with Gasteiger partial charge in [-0.2, -0.15) is 0 Å². The Bertz CT molecular complexity index is 688. The maximum atomic E-state index is 12.4. The fraction of sp³-hybridized carbons (Fsp3) is 0.400. The molecule has 6 nitrogen and oxygen atoms in total. The lowest BCUT2D eigenvalue weighted by Crippen LogP contribution is -2.38. The molecule has 0 spiro atoms. The maximum Gasteiger partial charge on any atom is 0.323 e. The minimum Gasteiger partial charge on any atom is -0.480 e. The number of aliphatic carboxylic acids is 1. The van der Waals surface area contributed by atoms with Gasteiger partial charge in [0.2, 0.25) is 11.8 Å². The van der Waals surface area contributed by atoms with Crippen LogP contribution in [-0.4, -0.2) is 39.5 Å². The van der Waals surface area contributed by atoms with Crippen molar-refractivity contribution < 1.29 is 19.1 Å². The van der Waals surface area contributed by atoms with E-state index in [1.165, 1.54) is 16.2 Å². The summed E-state index contributed by atoms with van der Waals surface area (Å²) >= 11 is 1.52. The van der Waals surface area contributed by atoms with Crippen molar-refractivity contribution in [2.75, 3.05) is 6.54 Å². The van der Waals surface area contributed by atoms with Gasteiger partial charge in [0.25, 0.3) is 0 Å². The molecule has 0 bridgehead atoms. The smallest absolute Gasteiger partial charge is 0.323 e. The number of carboxylic acid groups (broad SMARTS) is 1. The number of hydrogen-bond donors (Lipinski definition) is 1. The fourth-order valence-electron chi connectivity index (χ4n) is 2.30. The maximum absolute atomic E-state index is 12.4. The molecule has 1 saturated carbocycles. The largest absolute Gasteiger partial charge is 0.480 e. The third-order valence-corrected chi connectivity index (χ3v) is 4.41. The number of amides is 1. The fourth-order valence-corrected chi connectivity index (χ4v) is 2.94. The third-order valence-electron chi connectivity index (χ3n) is 3.56. The van der Waals surface area contributed by atoms with Gasteiger partial charge < -0.3 is 14.4 Å². The number of carbonyl (C=O) groups is 2. The van der Waals surface area contributed by atoms with E-state index in [-0.39, 0.29) is 24.9 Å². The van der Waals surface area contributed by atoms with Gasteiger partial charge in [0, 0.05) is 6.04 Å². The average molecular weight is 320 g/mol. The first-order valence-electron chi connectivity index (χ1n) is 7.06. The molecule has 1 fully saturated rings. The van der Waals surface area contributed by atoms with Crippen molar-refractivity contribution in [3.05, 3.63) is 29.0 Å². The predicted molar refractivity (Wildman–Crippen MR) is 80.6 cm³/mol. The van der Waals surface area contributed by atoms with E-state index >= 15 is 0 Å². The zero-order chi connectivity index (χ0) is 15.7. The molecule has 0 radical (unpaired) electrons. The summed E-state index contributed by atoms with van der Waals surface area (Å²) in [4.78, 5) is 30.0. The van der Waals surface area contributed by atoms with Gasteiger partial charge in [-0.1, -0.05) is 6.07 Å². The number of oxazole rings is 1. The molecular formula is C15H16N2O4S. The van der Waals surface area contributed by atoms with Gasteiger partial charge >= 0.3 is 5.97 Å². The van der Waals surface area contributed by atoms with Gasteiger partial charge in [0.15, 0.2) is 0 Å². The highest BCUT2D eigenvalue weighted by Crippen LogP contribution is 2.29. The van der Waals surface area contributed by atoms with Crippen LogP contribution in [-0.2, 0) is 16.0 Å². The summed E-state index contributed by atoms with van der Waals surface area (Å²) in [5.41, 5.74) is 0.574. The lowest BCUT2D eigenvalue weighted by molar-refractivity contribution is -0.144. The van der Waals surface area contributed by atoms with Crippen LogP contribution in [0.3, 0.4) is 0 Å². The Labute approximate surface area is 131 Å². The number of aryl methyl sites for hydroxylation is 1. The number of hydrogen-bond acceptors (Lipinski definition) is 5. The van der Waals surface area contributed by atoms with Crippen molar-refractivity contribution in [2.24, 2.45) is 0 Å². The first-order valence-corrected chi connectivity index (χ1v) is 7.94. The molecule has 22 heavy (non-hydrogen) atoms. The van der Waals surface area contributed by atoms with E-state index < -0.39 is 5.97 Å². The van der Waals surface area contributed by atoms with E-state index in [0.717, 1.165) is 17.7 Å². The van der Waals surface area contributed by atoms with Crippen molar-refractivity contribution in [3.63, 3.8) is 0 Å². The summed E-state index contributed by atoms with van der Waals surface area (Å²) in [6.07, 6.45) is 1.82. The molecule has 0 aliphatic heterocycles. The zero-order valence-corrected chi connectivity index (χ0v) is 12.9. The molecule has 2 aromatic heterocycles. The third kappa shape index (κ3) is 3.19. The van der Waals surface area contributed by atoms with Crippen LogP contribution in [0.4, 0.5) is 0 Å². The second kappa shape index (κ2) is 5.92. The van der Waals surface area contributed by atoms with E-state index in [4.69, 9.17) is 9.52 Å². The molecule has 1 amide bonds. The standard InChI is InChI=1S/C15H16N2O4S/c1-9-11(16-15(21-9)12-3-2-6-22-12)7-13(18)17(8-14(19)20)10-4-5-10/h2-3,6,10H,4-5,7-8H2,1H3,(H,19,20). The van der Waals surface area contributed by atoms with Crippen LogP contribution in [0.15, 0.2) is 21.9 Å². The van der Waals surface area contributed by atoms with Crippen molar-refractivity contribution >= 4 is 23.2 Å². The topological polar surface area (TPSA) is 83.6 Å². The molecule has 3 rings (SSSR count). The van der Waals surface area contributed by atoms with Gasteiger partial charge in [-0.3, -0.25) is 9.59 Å². The Kier molecular flexibility index (Phi) is 3.98. The molecule has 1 aliphatic carbocycles. The molecule has 0 unspecified atom stereocenters. The normalized spacial score (nSPS) is 14.0. The van der Waals surface area contributed by atoms with E-state index in [2.05, 4.69) is 4.98 Å². The second-order valence-electron chi connectivity index (χ2n) is 5.32. The highest BCUT2D eigenvalue weighted by atomic mass is 32.1. The summed E-state index contributed by atoms with van der Waals surface area (Å²) < 4.78 is 5.61. The van der Waals surface area contributed by atoms with Crippen LogP contribution in [0.2, 0.25) is 0 Å². The van der Waals surface area contributed by atoms with Crippen LogP contribution in [0.1, 0.15) is 24.3 Å². The molecule has 0 atom stereocenters. The molecule has 1 N–H and O–H groups in total. The molecule has 1 aliphatic rings. The van der Waals surface area contributed by atoms with E-state index in [0.29, 0.717) is 17.3 Å². The Balaban J connectivity index is 1.74. The second-order valence-corrected chi connectivity index (χ2v) is 6.27. The van der Waals surface area contributed by atoms with E-state index in [1.807, 2.05) is 17.5 Å². The predicted octanol–water partition coefficient (Wildman–Crippen LogP) is 2.33. The number of nitrogens with zero attached hydrogens (tertiary/aromatic N) is 2. The molecule has 2 heterocycles. The first kappa shape index (κ1) is 14.8. The Morgan fingerprint density at radius 3 is 2.86 bits per heavy atom. The number of carboxylic acids is 1. The molecule has 0 saturated heterocycles.